The zero-order valence-corrected chi connectivity index (χ0v) is 14.2. The Morgan fingerprint density at radius 3 is 2.84 bits per heavy atom. The van der Waals surface area contributed by atoms with E-state index in [-0.39, 0.29) is 19.7 Å². The van der Waals surface area contributed by atoms with E-state index in [1.54, 1.807) is 14.2 Å². The van der Waals surface area contributed by atoms with Crippen molar-refractivity contribution in [3.05, 3.63) is 41.5 Å². The van der Waals surface area contributed by atoms with Gasteiger partial charge >= 0.3 is 0 Å². The summed E-state index contributed by atoms with van der Waals surface area (Å²) in [4.78, 5) is 0. The summed E-state index contributed by atoms with van der Waals surface area (Å²) in [6.45, 7) is 0.317. The van der Waals surface area contributed by atoms with Crippen LogP contribution in [0.25, 0.3) is 0 Å². The van der Waals surface area contributed by atoms with Gasteiger partial charge in [0.1, 0.15) is 17.6 Å². The third-order valence-electron chi connectivity index (χ3n) is 4.41. The van der Waals surface area contributed by atoms with Crippen molar-refractivity contribution in [3.8, 4) is 28.7 Å². The van der Waals surface area contributed by atoms with Gasteiger partial charge in [0.05, 0.1) is 7.11 Å². The van der Waals surface area contributed by atoms with Gasteiger partial charge in [0.2, 0.25) is 12.5 Å². The van der Waals surface area contributed by atoms with Gasteiger partial charge in [0.15, 0.2) is 18.3 Å². The van der Waals surface area contributed by atoms with Gasteiger partial charge in [-0.3, -0.25) is 0 Å². The monoisotopic (exact) mass is 344 g/mol. The van der Waals surface area contributed by atoms with E-state index in [2.05, 4.69) is 0 Å². The van der Waals surface area contributed by atoms with Crippen molar-refractivity contribution in [3.63, 3.8) is 0 Å². The highest BCUT2D eigenvalue weighted by Crippen LogP contribution is 2.48. The fourth-order valence-electron chi connectivity index (χ4n) is 3.18. The minimum absolute atomic E-state index is 0.129. The van der Waals surface area contributed by atoms with Crippen molar-refractivity contribution in [1.29, 1.82) is 0 Å². The van der Waals surface area contributed by atoms with E-state index in [4.69, 9.17) is 28.4 Å². The van der Waals surface area contributed by atoms with Crippen molar-refractivity contribution in [2.24, 2.45) is 0 Å². The van der Waals surface area contributed by atoms with Crippen LogP contribution in [0.2, 0.25) is 0 Å². The molecule has 0 radical (unpaired) electrons. The van der Waals surface area contributed by atoms with E-state index in [1.165, 1.54) is 5.56 Å². The number of aryl methyl sites for hydroxylation is 1. The van der Waals surface area contributed by atoms with E-state index >= 15 is 0 Å². The van der Waals surface area contributed by atoms with Gasteiger partial charge in [-0.1, -0.05) is 6.07 Å². The highest BCUT2D eigenvalue weighted by atomic mass is 16.7. The summed E-state index contributed by atoms with van der Waals surface area (Å²) < 4.78 is 33.4. The summed E-state index contributed by atoms with van der Waals surface area (Å²) in [5.74, 6) is 3.52. The zero-order chi connectivity index (χ0) is 17.2. The van der Waals surface area contributed by atoms with Crippen LogP contribution < -0.4 is 23.7 Å². The van der Waals surface area contributed by atoms with Gasteiger partial charge < -0.3 is 28.4 Å². The minimum atomic E-state index is -0.138. The first-order valence-electron chi connectivity index (χ1n) is 8.18. The smallest absolute Gasteiger partial charge is 0.231 e. The molecule has 2 aliphatic rings. The zero-order valence-electron chi connectivity index (χ0n) is 14.2. The fraction of sp³-hybridized carbons (Fsp3) is 0.368. The Balaban J connectivity index is 1.67. The Hall–Kier alpha value is -2.60. The first-order chi connectivity index (χ1) is 12.3. The topological polar surface area (TPSA) is 55.4 Å². The number of rotatable bonds is 5. The molecule has 0 amide bonds. The van der Waals surface area contributed by atoms with Crippen molar-refractivity contribution in [2.45, 2.75) is 18.9 Å². The molecule has 0 spiro atoms. The van der Waals surface area contributed by atoms with Gasteiger partial charge in [-0.25, -0.2) is 0 Å². The predicted octanol–water partition coefficient (Wildman–Crippen LogP) is 3.47. The number of fused-ring (bicyclic) bond motifs is 2. The standard InChI is InChI=1S/C19H20O6/c1-20-10-23-18-14(6-8-16-19(18)24-11-22-16)15-7-4-12-3-5-13(21-2)9-17(12)25-15/h3,5-6,8-9,15H,4,7,10-11H2,1-2H3. The average Bonchev–Trinajstić information content (AvgIpc) is 3.14. The quantitative estimate of drug-likeness (QED) is 0.774. The van der Waals surface area contributed by atoms with Crippen LogP contribution in [0.15, 0.2) is 30.3 Å². The van der Waals surface area contributed by atoms with Crippen molar-refractivity contribution in [2.75, 3.05) is 27.8 Å². The lowest BCUT2D eigenvalue weighted by Gasteiger charge is -2.28. The maximum atomic E-state index is 6.24. The van der Waals surface area contributed by atoms with Crippen LogP contribution in [0, 0.1) is 0 Å². The molecule has 2 aromatic rings. The van der Waals surface area contributed by atoms with Crippen LogP contribution in [0.3, 0.4) is 0 Å². The van der Waals surface area contributed by atoms with Crippen LogP contribution in [-0.4, -0.2) is 27.8 Å². The molecule has 1 atom stereocenters. The van der Waals surface area contributed by atoms with E-state index in [0.717, 1.165) is 29.9 Å². The molecule has 6 heteroatoms. The normalized spacial score (nSPS) is 17.6. The lowest BCUT2D eigenvalue weighted by atomic mass is 9.96. The number of hydrogen-bond donors (Lipinski definition) is 0. The minimum Gasteiger partial charge on any atom is -0.497 e. The van der Waals surface area contributed by atoms with Gasteiger partial charge in [0, 0.05) is 18.7 Å². The Morgan fingerprint density at radius 1 is 1.08 bits per heavy atom. The third kappa shape index (κ3) is 2.93. The maximum absolute atomic E-state index is 6.24. The van der Waals surface area contributed by atoms with Crippen LogP contribution >= 0.6 is 0 Å². The molecule has 2 aromatic carbocycles. The molecule has 0 bridgehead atoms. The summed E-state index contributed by atoms with van der Waals surface area (Å²) in [5, 5.41) is 0. The second-order valence-corrected chi connectivity index (χ2v) is 5.89. The number of methoxy groups -OCH3 is 2. The summed E-state index contributed by atoms with van der Waals surface area (Å²) >= 11 is 0. The maximum Gasteiger partial charge on any atom is 0.231 e. The van der Waals surface area contributed by atoms with Gasteiger partial charge in [0.25, 0.3) is 0 Å². The first kappa shape index (κ1) is 15.9. The molecular weight excluding hydrogens is 324 g/mol. The van der Waals surface area contributed by atoms with Gasteiger partial charge in [-0.05, 0) is 36.6 Å². The van der Waals surface area contributed by atoms with E-state index in [0.29, 0.717) is 17.2 Å². The van der Waals surface area contributed by atoms with Crippen molar-refractivity contribution < 1.29 is 28.4 Å². The molecule has 0 N–H and O–H groups in total. The predicted molar refractivity (Wildman–Crippen MR) is 89.8 cm³/mol. The Morgan fingerprint density at radius 2 is 2.00 bits per heavy atom. The largest absolute Gasteiger partial charge is 0.497 e. The van der Waals surface area contributed by atoms with Crippen LogP contribution in [0.5, 0.6) is 28.7 Å². The second kappa shape index (κ2) is 6.72. The molecule has 25 heavy (non-hydrogen) atoms. The molecule has 1 unspecified atom stereocenters. The van der Waals surface area contributed by atoms with E-state index < -0.39 is 0 Å². The molecule has 2 aliphatic heterocycles. The molecule has 0 fully saturated rings. The van der Waals surface area contributed by atoms with Gasteiger partial charge in [-0.15, -0.1) is 0 Å². The molecular formula is C19H20O6. The highest BCUT2D eigenvalue weighted by Gasteiger charge is 2.30. The SMILES string of the molecule is COCOc1c(C2CCc3ccc(OC)cc3O2)ccc2c1OCO2. The molecule has 2 heterocycles. The molecule has 0 aromatic heterocycles. The van der Waals surface area contributed by atoms with Crippen LogP contribution in [0.1, 0.15) is 23.7 Å². The molecule has 0 saturated carbocycles. The Kier molecular flexibility index (Phi) is 4.28. The van der Waals surface area contributed by atoms with Crippen molar-refractivity contribution in [1.82, 2.24) is 0 Å². The van der Waals surface area contributed by atoms with Gasteiger partial charge in [-0.2, -0.15) is 0 Å². The molecule has 132 valence electrons. The third-order valence-corrected chi connectivity index (χ3v) is 4.41. The second-order valence-electron chi connectivity index (χ2n) is 5.89. The van der Waals surface area contributed by atoms with E-state index in [9.17, 15) is 0 Å². The summed E-state index contributed by atoms with van der Waals surface area (Å²) in [6, 6.07) is 9.78. The number of hydrogen-bond acceptors (Lipinski definition) is 6. The number of ether oxygens (including phenoxy) is 6. The fourth-order valence-corrected chi connectivity index (χ4v) is 3.18. The molecule has 4 rings (SSSR count). The summed E-state index contributed by atoms with van der Waals surface area (Å²) in [7, 11) is 3.23. The molecule has 0 saturated heterocycles. The summed E-state index contributed by atoms with van der Waals surface area (Å²) in [5.41, 5.74) is 2.10. The molecule has 6 nitrogen and oxygen atoms in total. The lowest BCUT2D eigenvalue weighted by molar-refractivity contribution is 0.0454. The first-order valence-corrected chi connectivity index (χ1v) is 8.18. The Bertz CT molecular complexity index is 773. The number of benzene rings is 2. The highest BCUT2D eigenvalue weighted by molar-refractivity contribution is 5.58. The van der Waals surface area contributed by atoms with E-state index in [1.807, 2.05) is 30.3 Å². The summed E-state index contributed by atoms with van der Waals surface area (Å²) in [6.07, 6.45) is 1.63. The van der Waals surface area contributed by atoms with Crippen molar-refractivity contribution >= 4 is 0 Å². The molecule has 0 aliphatic carbocycles. The average molecular weight is 344 g/mol. The lowest BCUT2D eigenvalue weighted by Crippen LogP contribution is -2.17. The van der Waals surface area contributed by atoms with Crippen LogP contribution in [-0.2, 0) is 11.2 Å². The van der Waals surface area contributed by atoms with Crippen LogP contribution in [0.4, 0.5) is 0 Å². The Labute approximate surface area is 146 Å².